The smallest absolute Gasteiger partial charge is 0.411 e. The first-order chi connectivity index (χ1) is 16.4. The van der Waals surface area contributed by atoms with E-state index in [1.165, 1.54) is 4.90 Å². The molecule has 2 aromatic carbocycles. The minimum absolute atomic E-state index is 0.0884. The lowest BCUT2D eigenvalue weighted by Gasteiger charge is -2.40. The second kappa shape index (κ2) is 8.83. The third kappa shape index (κ3) is 3.99. The van der Waals surface area contributed by atoms with Crippen LogP contribution in [0.1, 0.15) is 18.5 Å². The van der Waals surface area contributed by atoms with Gasteiger partial charge in [0, 0.05) is 18.3 Å². The third-order valence-corrected chi connectivity index (χ3v) is 6.36. The highest BCUT2D eigenvalue weighted by Gasteiger charge is 2.35. The van der Waals surface area contributed by atoms with Gasteiger partial charge in [0.05, 0.1) is 56.4 Å². The molecule has 0 aliphatic carbocycles. The number of carbonyl (C=O) groups is 2. The van der Waals surface area contributed by atoms with Crippen LogP contribution in [-0.2, 0) is 16.0 Å². The van der Waals surface area contributed by atoms with Crippen LogP contribution in [0.4, 0.5) is 16.2 Å². The van der Waals surface area contributed by atoms with Crippen LogP contribution in [0.25, 0.3) is 11.1 Å². The highest BCUT2D eigenvalue weighted by atomic mass is 16.5. The number of rotatable bonds is 5. The van der Waals surface area contributed by atoms with Gasteiger partial charge in [-0.05, 0) is 42.3 Å². The van der Waals surface area contributed by atoms with E-state index in [0.29, 0.717) is 24.6 Å². The molecule has 176 valence electrons. The Bertz CT molecular complexity index is 1220. The van der Waals surface area contributed by atoms with Gasteiger partial charge in [0.2, 0.25) is 5.91 Å². The normalized spacial score (nSPS) is 17.8. The van der Waals surface area contributed by atoms with Crippen LogP contribution < -0.4 is 14.5 Å². The summed E-state index contributed by atoms with van der Waals surface area (Å²) in [5.41, 5.74) is 3.67. The summed E-state index contributed by atoms with van der Waals surface area (Å²) in [6.45, 7) is 3.34. The van der Waals surface area contributed by atoms with Crippen LogP contribution in [0.3, 0.4) is 0 Å². The van der Waals surface area contributed by atoms with E-state index < -0.39 is 6.09 Å². The van der Waals surface area contributed by atoms with Crippen LogP contribution in [0.2, 0.25) is 0 Å². The number of fused-ring (bicyclic) bond motifs is 1. The lowest BCUT2D eigenvalue weighted by atomic mass is 10.0. The number of amides is 2. The number of nitrogens with zero attached hydrogens (tertiary/aromatic N) is 4. The summed E-state index contributed by atoms with van der Waals surface area (Å²) in [5.74, 6) is 0.639. The van der Waals surface area contributed by atoms with E-state index in [2.05, 4.69) is 5.10 Å². The number of carboxylic acid groups (broad SMARTS) is 1. The molecule has 1 aromatic heterocycles. The Morgan fingerprint density at radius 3 is 2.53 bits per heavy atom. The lowest BCUT2D eigenvalue weighted by molar-refractivity contribution is -0.118. The number of hydrogen-bond donors (Lipinski definition) is 1. The van der Waals surface area contributed by atoms with Crippen LogP contribution in [0.5, 0.6) is 5.75 Å². The molecular formula is C25H26N4O5. The van der Waals surface area contributed by atoms with E-state index in [0.717, 1.165) is 22.4 Å². The molecule has 34 heavy (non-hydrogen) atoms. The van der Waals surface area contributed by atoms with Gasteiger partial charge in [0.15, 0.2) is 0 Å². The lowest BCUT2D eigenvalue weighted by Crippen LogP contribution is -2.52. The second-order valence-corrected chi connectivity index (χ2v) is 8.63. The Balaban J connectivity index is 1.46. The SMILES string of the molecule is COc1ccc(CC(=O)N2c3ccc(-c4cnn(C5COC5)c4)cc3N(C(=O)O)C[C@@H]2C)cc1. The number of anilines is 2. The molecule has 2 aliphatic rings. The largest absolute Gasteiger partial charge is 0.497 e. The van der Waals surface area contributed by atoms with E-state index in [1.54, 1.807) is 18.2 Å². The Hall–Kier alpha value is -3.85. The molecule has 9 heteroatoms. The molecule has 5 rings (SSSR count). The first kappa shape index (κ1) is 22.0. The molecule has 0 radical (unpaired) electrons. The van der Waals surface area contributed by atoms with Crippen molar-refractivity contribution in [3.8, 4) is 16.9 Å². The van der Waals surface area contributed by atoms with Crippen molar-refractivity contribution in [3.63, 3.8) is 0 Å². The van der Waals surface area contributed by atoms with E-state index >= 15 is 0 Å². The number of benzene rings is 2. The first-order valence-electron chi connectivity index (χ1n) is 11.2. The molecule has 3 aromatic rings. The molecule has 9 nitrogen and oxygen atoms in total. The summed E-state index contributed by atoms with van der Waals surface area (Å²) in [5, 5.41) is 14.3. The molecule has 0 spiro atoms. The van der Waals surface area contributed by atoms with Crippen molar-refractivity contribution < 1.29 is 24.2 Å². The maximum atomic E-state index is 13.3. The number of hydrogen-bond acceptors (Lipinski definition) is 5. The summed E-state index contributed by atoms with van der Waals surface area (Å²) in [6.07, 6.45) is 2.87. The molecule has 1 N–H and O–H groups in total. The van der Waals surface area contributed by atoms with Crippen molar-refractivity contribution in [2.24, 2.45) is 0 Å². The number of methoxy groups -OCH3 is 1. The van der Waals surface area contributed by atoms with Crippen molar-refractivity contribution in [1.82, 2.24) is 9.78 Å². The average molecular weight is 463 g/mol. The van der Waals surface area contributed by atoms with E-state index in [4.69, 9.17) is 9.47 Å². The molecular weight excluding hydrogens is 436 g/mol. The molecule has 3 heterocycles. The Morgan fingerprint density at radius 1 is 1.12 bits per heavy atom. The highest BCUT2D eigenvalue weighted by molar-refractivity contribution is 6.04. The number of aromatic nitrogens is 2. The fourth-order valence-corrected chi connectivity index (χ4v) is 4.43. The second-order valence-electron chi connectivity index (χ2n) is 8.63. The van der Waals surface area contributed by atoms with Crippen LogP contribution in [0, 0.1) is 0 Å². The van der Waals surface area contributed by atoms with Gasteiger partial charge in [-0.15, -0.1) is 0 Å². The Labute approximate surface area is 197 Å². The van der Waals surface area contributed by atoms with Gasteiger partial charge in [0.25, 0.3) is 0 Å². The quantitative estimate of drug-likeness (QED) is 0.622. The van der Waals surface area contributed by atoms with Gasteiger partial charge in [-0.3, -0.25) is 14.4 Å². The van der Waals surface area contributed by atoms with E-state index in [-0.39, 0.29) is 31.0 Å². The Morgan fingerprint density at radius 2 is 1.88 bits per heavy atom. The molecule has 0 saturated carbocycles. The summed E-state index contributed by atoms with van der Waals surface area (Å²) in [6, 6.07) is 12.9. The van der Waals surface area contributed by atoms with Crippen LogP contribution >= 0.6 is 0 Å². The maximum absolute atomic E-state index is 13.3. The average Bonchev–Trinajstić information content (AvgIpc) is 3.26. The van der Waals surface area contributed by atoms with Crippen molar-refractivity contribution in [1.29, 1.82) is 0 Å². The number of ether oxygens (including phenoxy) is 2. The van der Waals surface area contributed by atoms with E-state index in [9.17, 15) is 14.7 Å². The minimum atomic E-state index is -1.05. The summed E-state index contributed by atoms with van der Waals surface area (Å²) in [7, 11) is 1.60. The predicted molar refractivity (Wildman–Crippen MR) is 127 cm³/mol. The zero-order chi connectivity index (χ0) is 23.8. The fourth-order valence-electron chi connectivity index (χ4n) is 4.43. The Kier molecular flexibility index (Phi) is 5.70. The standard InChI is InChI=1S/C25H26N4O5/c1-16-12-27(25(31)32)23-10-18(19-11-26-28(13-19)20-14-34-15-20)5-8-22(23)29(16)24(30)9-17-3-6-21(33-2)7-4-17/h3-8,10-11,13,16,20H,9,12,14-15H2,1-2H3,(H,31,32)/t16-/m0/s1. The van der Waals surface area contributed by atoms with Gasteiger partial charge in [-0.1, -0.05) is 18.2 Å². The molecule has 2 amide bonds. The van der Waals surface area contributed by atoms with Crippen molar-refractivity contribution in [3.05, 3.63) is 60.4 Å². The fraction of sp³-hybridized carbons (Fsp3) is 0.320. The highest BCUT2D eigenvalue weighted by Crippen LogP contribution is 2.39. The molecule has 1 atom stereocenters. The molecule has 0 bridgehead atoms. The molecule has 1 fully saturated rings. The van der Waals surface area contributed by atoms with E-state index in [1.807, 2.05) is 60.3 Å². The predicted octanol–water partition coefficient (Wildman–Crippen LogP) is 3.59. The van der Waals surface area contributed by atoms with Crippen molar-refractivity contribution in [2.45, 2.75) is 25.4 Å². The van der Waals surface area contributed by atoms with Crippen LogP contribution in [-0.4, -0.2) is 59.8 Å². The molecule has 0 unspecified atom stereocenters. The van der Waals surface area contributed by atoms with Crippen molar-refractivity contribution in [2.75, 3.05) is 36.7 Å². The van der Waals surface area contributed by atoms with Crippen LogP contribution in [0.15, 0.2) is 54.9 Å². The van der Waals surface area contributed by atoms with Gasteiger partial charge < -0.3 is 19.5 Å². The summed E-state index contributed by atoms with van der Waals surface area (Å²) >= 11 is 0. The van der Waals surface area contributed by atoms with Crippen molar-refractivity contribution >= 4 is 23.4 Å². The van der Waals surface area contributed by atoms with Gasteiger partial charge in [-0.25, -0.2) is 4.79 Å². The molecule has 1 saturated heterocycles. The zero-order valence-corrected chi connectivity index (χ0v) is 19.0. The topological polar surface area (TPSA) is 97.1 Å². The number of carbonyl (C=O) groups excluding carboxylic acids is 1. The van der Waals surface area contributed by atoms with Gasteiger partial charge in [0.1, 0.15) is 5.75 Å². The summed E-state index contributed by atoms with van der Waals surface area (Å²) in [4.78, 5) is 28.4. The van der Waals surface area contributed by atoms with Gasteiger partial charge in [-0.2, -0.15) is 5.10 Å². The minimum Gasteiger partial charge on any atom is -0.497 e. The first-order valence-corrected chi connectivity index (χ1v) is 11.2. The molecule has 2 aliphatic heterocycles. The monoisotopic (exact) mass is 462 g/mol. The summed E-state index contributed by atoms with van der Waals surface area (Å²) < 4.78 is 12.3. The maximum Gasteiger partial charge on any atom is 0.411 e. The van der Waals surface area contributed by atoms with Gasteiger partial charge >= 0.3 is 6.09 Å². The zero-order valence-electron chi connectivity index (χ0n) is 19.0. The third-order valence-electron chi connectivity index (χ3n) is 6.36.